The van der Waals surface area contributed by atoms with Crippen molar-refractivity contribution in [3.63, 3.8) is 0 Å². The summed E-state index contributed by atoms with van der Waals surface area (Å²) in [5, 5.41) is 0.867. The quantitative estimate of drug-likeness (QED) is 0.515. The molecule has 3 aromatic rings. The van der Waals surface area contributed by atoms with Crippen LogP contribution < -0.4 is 4.74 Å². The van der Waals surface area contributed by atoms with Gasteiger partial charge in [0, 0.05) is 17.1 Å². The summed E-state index contributed by atoms with van der Waals surface area (Å²) in [5.74, 6) is -0.468. The van der Waals surface area contributed by atoms with Gasteiger partial charge in [-0.3, -0.25) is 0 Å². The number of halogens is 2. The third-order valence-electron chi connectivity index (χ3n) is 5.06. The van der Waals surface area contributed by atoms with E-state index in [1.807, 2.05) is 12.1 Å². The van der Waals surface area contributed by atoms with E-state index in [-0.39, 0.29) is 11.5 Å². The predicted octanol–water partition coefficient (Wildman–Crippen LogP) is 6.53. The molecular weight excluding hydrogens is 363 g/mol. The molecule has 0 aliphatic rings. The first-order chi connectivity index (χ1) is 12.8. The van der Waals surface area contributed by atoms with Crippen LogP contribution in [0.1, 0.15) is 37.5 Å². The van der Waals surface area contributed by atoms with Gasteiger partial charge in [-0.05, 0) is 68.5 Å². The van der Waals surface area contributed by atoms with E-state index >= 15 is 4.39 Å². The van der Waals surface area contributed by atoms with Gasteiger partial charge in [-0.2, -0.15) is 4.98 Å². The summed E-state index contributed by atoms with van der Waals surface area (Å²) in [6, 6.07) is 5.74. The molecule has 5 heteroatoms. The van der Waals surface area contributed by atoms with Crippen molar-refractivity contribution >= 4 is 28.1 Å². The normalized spacial score (nSPS) is 11.0. The van der Waals surface area contributed by atoms with Crippen LogP contribution in [0.25, 0.3) is 27.6 Å². The van der Waals surface area contributed by atoms with E-state index in [4.69, 9.17) is 16.3 Å². The molecular formula is C22H22ClFN2O. The van der Waals surface area contributed by atoms with Crippen molar-refractivity contribution in [2.75, 3.05) is 7.11 Å². The fourth-order valence-electron chi connectivity index (χ4n) is 3.19. The van der Waals surface area contributed by atoms with Crippen molar-refractivity contribution in [2.24, 2.45) is 0 Å². The summed E-state index contributed by atoms with van der Waals surface area (Å²) < 4.78 is 20.6. The number of benzene rings is 2. The molecule has 0 amide bonds. The van der Waals surface area contributed by atoms with E-state index in [0.29, 0.717) is 16.0 Å². The number of fused-ring (bicyclic) bond motifs is 1. The smallest absolute Gasteiger partial charge is 0.316 e. The first-order valence-corrected chi connectivity index (χ1v) is 9.07. The Hall–Kier alpha value is -2.46. The molecule has 0 unspecified atom stereocenters. The van der Waals surface area contributed by atoms with Crippen LogP contribution in [0.5, 0.6) is 6.01 Å². The number of aryl methyl sites for hydroxylation is 1. The van der Waals surface area contributed by atoms with Gasteiger partial charge in [0.25, 0.3) is 0 Å². The maximum atomic E-state index is 15.6. The van der Waals surface area contributed by atoms with Crippen LogP contribution in [0.15, 0.2) is 30.0 Å². The number of ether oxygens (including phenoxy) is 1. The maximum Gasteiger partial charge on any atom is 0.316 e. The molecule has 0 fully saturated rings. The van der Waals surface area contributed by atoms with Crippen molar-refractivity contribution in [1.82, 2.24) is 9.97 Å². The Balaban J connectivity index is 2.43. The van der Waals surface area contributed by atoms with Crippen LogP contribution in [-0.4, -0.2) is 17.1 Å². The molecule has 0 aliphatic carbocycles. The third-order valence-corrected chi connectivity index (χ3v) is 5.35. The monoisotopic (exact) mass is 384 g/mol. The minimum atomic E-state index is -0.468. The van der Waals surface area contributed by atoms with E-state index in [2.05, 4.69) is 44.6 Å². The highest BCUT2D eigenvalue weighted by Gasteiger charge is 2.21. The zero-order valence-corrected chi connectivity index (χ0v) is 17.1. The fraction of sp³-hybridized carbons (Fsp3) is 0.273. The van der Waals surface area contributed by atoms with Gasteiger partial charge in [-0.15, -0.1) is 0 Å². The molecule has 0 saturated carbocycles. The number of allylic oxidation sites excluding steroid dienone is 2. The van der Waals surface area contributed by atoms with E-state index in [1.165, 1.54) is 18.9 Å². The van der Waals surface area contributed by atoms with E-state index in [1.54, 1.807) is 6.07 Å². The summed E-state index contributed by atoms with van der Waals surface area (Å²) in [6.07, 6.45) is 1.52. The first kappa shape index (κ1) is 19.3. The standard InChI is InChI=1S/C22H22ClFN2O/c1-11(2)13(4)18-14(5)12(3)7-8-16(18)19-17(23)9-15-10-25-22(27-6)26-21(15)20(19)24/h7-10H,1-6H3. The topological polar surface area (TPSA) is 35.0 Å². The summed E-state index contributed by atoms with van der Waals surface area (Å²) in [5.41, 5.74) is 6.87. The fourth-order valence-corrected chi connectivity index (χ4v) is 3.49. The largest absolute Gasteiger partial charge is 0.467 e. The molecule has 0 N–H and O–H groups in total. The molecule has 1 aromatic heterocycles. The van der Waals surface area contributed by atoms with Gasteiger partial charge in [0.1, 0.15) is 5.52 Å². The highest BCUT2D eigenvalue weighted by molar-refractivity contribution is 6.34. The van der Waals surface area contributed by atoms with Gasteiger partial charge in [0.15, 0.2) is 5.82 Å². The molecule has 1 heterocycles. The Morgan fingerprint density at radius 1 is 1.15 bits per heavy atom. The highest BCUT2D eigenvalue weighted by atomic mass is 35.5. The number of methoxy groups -OCH3 is 1. The molecule has 0 spiro atoms. The second kappa shape index (κ2) is 7.28. The Bertz CT molecular complexity index is 1090. The van der Waals surface area contributed by atoms with E-state index < -0.39 is 5.82 Å². The van der Waals surface area contributed by atoms with E-state index in [0.717, 1.165) is 27.8 Å². The Morgan fingerprint density at radius 3 is 2.48 bits per heavy atom. The molecule has 140 valence electrons. The summed E-state index contributed by atoms with van der Waals surface area (Å²) in [6.45, 7) is 10.3. The minimum absolute atomic E-state index is 0.121. The Kier molecular flexibility index (Phi) is 5.20. The van der Waals surface area contributed by atoms with Crippen molar-refractivity contribution in [3.05, 3.63) is 57.5 Å². The predicted molar refractivity (Wildman–Crippen MR) is 110 cm³/mol. The van der Waals surface area contributed by atoms with Crippen LogP contribution in [0.2, 0.25) is 5.02 Å². The van der Waals surface area contributed by atoms with Crippen LogP contribution in [0, 0.1) is 19.7 Å². The van der Waals surface area contributed by atoms with Crippen LogP contribution in [0.4, 0.5) is 4.39 Å². The van der Waals surface area contributed by atoms with Crippen LogP contribution in [0.3, 0.4) is 0 Å². The zero-order valence-electron chi connectivity index (χ0n) is 16.4. The van der Waals surface area contributed by atoms with Gasteiger partial charge in [-0.25, -0.2) is 9.37 Å². The zero-order chi connectivity index (χ0) is 19.9. The molecule has 27 heavy (non-hydrogen) atoms. The summed E-state index contributed by atoms with van der Waals surface area (Å²) in [4.78, 5) is 8.23. The Morgan fingerprint density at radius 2 is 1.85 bits per heavy atom. The highest BCUT2D eigenvalue weighted by Crippen LogP contribution is 2.41. The molecule has 3 rings (SSSR count). The molecule has 2 aromatic carbocycles. The van der Waals surface area contributed by atoms with Crippen molar-refractivity contribution < 1.29 is 9.13 Å². The number of rotatable bonds is 3. The summed E-state index contributed by atoms with van der Waals surface area (Å²) in [7, 11) is 1.45. The first-order valence-electron chi connectivity index (χ1n) is 8.70. The number of aromatic nitrogens is 2. The lowest BCUT2D eigenvalue weighted by molar-refractivity contribution is 0.381. The second-order valence-electron chi connectivity index (χ2n) is 6.90. The van der Waals surface area contributed by atoms with E-state index in [9.17, 15) is 0 Å². The molecule has 0 saturated heterocycles. The number of hydrogen-bond acceptors (Lipinski definition) is 3. The number of nitrogens with zero attached hydrogens (tertiary/aromatic N) is 2. The average molecular weight is 385 g/mol. The van der Waals surface area contributed by atoms with Gasteiger partial charge in [0.2, 0.25) is 0 Å². The molecule has 0 bridgehead atoms. The van der Waals surface area contributed by atoms with Gasteiger partial charge >= 0.3 is 6.01 Å². The van der Waals surface area contributed by atoms with Crippen molar-refractivity contribution in [1.29, 1.82) is 0 Å². The number of hydrogen-bond donors (Lipinski definition) is 0. The van der Waals surface area contributed by atoms with Crippen molar-refractivity contribution in [2.45, 2.75) is 34.6 Å². The van der Waals surface area contributed by atoms with Crippen LogP contribution in [-0.2, 0) is 0 Å². The lowest BCUT2D eigenvalue weighted by atomic mass is 9.87. The lowest BCUT2D eigenvalue weighted by Crippen LogP contribution is -2.00. The second-order valence-corrected chi connectivity index (χ2v) is 7.30. The summed E-state index contributed by atoms with van der Waals surface area (Å²) >= 11 is 6.52. The van der Waals surface area contributed by atoms with Crippen LogP contribution >= 0.6 is 11.6 Å². The molecule has 0 aliphatic heterocycles. The average Bonchev–Trinajstić information content (AvgIpc) is 2.64. The van der Waals surface area contributed by atoms with Gasteiger partial charge in [0.05, 0.1) is 12.1 Å². The maximum absolute atomic E-state index is 15.6. The molecule has 0 radical (unpaired) electrons. The van der Waals surface area contributed by atoms with Gasteiger partial charge in [-0.1, -0.05) is 29.3 Å². The minimum Gasteiger partial charge on any atom is -0.467 e. The SMILES string of the molecule is COc1ncc2cc(Cl)c(-c3ccc(C)c(C)c3C(C)=C(C)C)c(F)c2n1. The van der Waals surface area contributed by atoms with Gasteiger partial charge < -0.3 is 4.74 Å². The Labute approximate surface area is 163 Å². The molecule has 3 nitrogen and oxygen atoms in total. The van der Waals surface area contributed by atoms with Crippen molar-refractivity contribution in [3.8, 4) is 17.1 Å². The lowest BCUT2D eigenvalue weighted by Gasteiger charge is -2.19. The third kappa shape index (κ3) is 3.30. The molecule has 0 atom stereocenters.